The summed E-state index contributed by atoms with van der Waals surface area (Å²) in [5.41, 5.74) is 2.99. The van der Waals surface area contributed by atoms with Gasteiger partial charge < -0.3 is 4.90 Å². The first-order chi connectivity index (χ1) is 17.1. The molecule has 0 bridgehead atoms. The normalized spacial score (nSPS) is 19.4. The molecule has 0 aromatic heterocycles. The molecule has 35 heavy (non-hydrogen) atoms. The van der Waals surface area contributed by atoms with Gasteiger partial charge >= 0.3 is 0 Å². The lowest BCUT2D eigenvalue weighted by molar-refractivity contribution is -0.136. The van der Waals surface area contributed by atoms with E-state index in [-0.39, 0.29) is 17.7 Å². The van der Waals surface area contributed by atoms with E-state index < -0.39 is 0 Å². The lowest BCUT2D eigenvalue weighted by atomic mass is 9.96. The molecule has 1 fully saturated rings. The second-order valence-corrected chi connectivity index (χ2v) is 9.31. The molecule has 0 aliphatic carbocycles. The van der Waals surface area contributed by atoms with Gasteiger partial charge in [-0.1, -0.05) is 48.5 Å². The molecule has 0 spiro atoms. The van der Waals surface area contributed by atoms with Crippen LogP contribution >= 0.6 is 0 Å². The number of carbonyl (C=O) groups is 2. The summed E-state index contributed by atoms with van der Waals surface area (Å²) in [5, 5.41) is 2.25. The van der Waals surface area contributed by atoms with E-state index in [4.69, 9.17) is 4.99 Å². The largest absolute Gasteiger partial charge is 0.343 e. The second-order valence-electron chi connectivity index (χ2n) is 9.31. The fourth-order valence-electron chi connectivity index (χ4n) is 5.26. The highest BCUT2D eigenvalue weighted by atomic mass is 16.2. The second kappa shape index (κ2) is 10.0. The summed E-state index contributed by atoms with van der Waals surface area (Å²) in [5.74, 6) is 0.130. The first-order valence-corrected chi connectivity index (χ1v) is 12.6. The van der Waals surface area contributed by atoms with Crippen molar-refractivity contribution in [2.75, 3.05) is 37.7 Å². The number of aliphatic imine (C=N–C) groups is 1. The zero-order chi connectivity index (χ0) is 24.4. The Labute approximate surface area is 206 Å². The van der Waals surface area contributed by atoms with Gasteiger partial charge in [-0.25, -0.2) is 4.99 Å². The Hall–Kier alpha value is -3.51. The Kier molecular flexibility index (Phi) is 6.64. The summed E-state index contributed by atoms with van der Waals surface area (Å²) in [6, 6.07) is 22.0. The number of hydrogen-bond donors (Lipinski definition) is 0. The summed E-state index contributed by atoms with van der Waals surface area (Å²) in [4.78, 5) is 37.3. The van der Waals surface area contributed by atoms with Crippen molar-refractivity contribution in [2.45, 2.75) is 26.7 Å². The molecule has 1 unspecified atom stereocenters. The maximum Gasteiger partial charge on any atom is 0.278 e. The predicted molar refractivity (Wildman–Crippen MR) is 141 cm³/mol. The molecule has 2 heterocycles. The van der Waals surface area contributed by atoms with Gasteiger partial charge in [0.25, 0.3) is 5.91 Å². The quantitative estimate of drug-likeness (QED) is 0.520. The minimum atomic E-state index is -0.0865. The SMILES string of the molecule is CCN(CC)C(=O)C1CCCN(CN2C(=O)C(=Nc3ccc4ccccc4c3)c3ccccc32)C1. The van der Waals surface area contributed by atoms with Crippen LogP contribution in [0.1, 0.15) is 32.3 Å². The highest BCUT2D eigenvalue weighted by molar-refractivity contribution is 6.54. The zero-order valence-electron chi connectivity index (χ0n) is 20.5. The molecule has 0 N–H and O–H groups in total. The standard InChI is InChI=1S/C29H32N4O2/c1-3-32(4-2)28(34)23-12-9-17-31(19-23)20-33-26-14-8-7-13-25(26)27(29(33)35)30-24-16-15-21-10-5-6-11-22(21)18-24/h5-8,10-11,13-16,18,23H,3-4,9,12,17,19-20H2,1-2H3. The molecule has 0 saturated carbocycles. The number of benzene rings is 3. The van der Waals surface area contributed by atoms with E-state index >= 15 is 0 Å². The Morgan fingerprint density at radius 1 is 1.00 bits per heavy atom. The average molecular weight is 469 g/mol. The van der Waals surface area contributed by atoms with Crippen molar-refractivity contribution in [1.29, 1.82) is 0 Å². The lowest BCUT2D eigenvalue weighted by Gasteiger charge is -2.36. The first kappa shape index (κ1) is 23.2. The number of nitrogens with zero attached hydrogens (tertiary/aromatic N) is 4. The van der Waals surface area contributed by atoms with Crippen LogP contribution in [0.2, 0.25) is 0 Å². The van der Waals surface area contributed by atoms with Crippen LogP contribution < -0.4 is 4.90 Å². The molecule has 3 aromatic carbocycles. The van der Waals surface area contributed by atoms with Gasteiger partial charge in [-0.15, -0.1) is 0 Å². The number of hydrogen-bond acceptors (Lipinski definition) is 4. The molecule has 5 rings (SSSR count). The van der Waals surface area contributed by atoms with Gasteiger partial charge in [-0.2, -0.15) is 0 Å². The van der Waals surface area contributed by atoms with E-state index in [0.717, 1.165) is 60.2 Å². The van der Waals surface area contributed by atoms with Gasteiger partial charge in [0.2, 0.25) is 5.91 Å². The molecule has 1 saturated heterocycles. The lowest BCUT2D eigenvalue weighted by Crippen LogP contribution is -2.49. The molecular weight excluding hydrogens is 436 g/mol. The summed E-state index contributed by atoms with van der Waals surface area (Å²) in [6.07, 6.45) is 1.87. The number of piperidine rings is 1. The van der Waals surface area contributed by atoms with E-state index in [0.29, 0.717) is 18.9 Å². The summed E-state index contributed by atoms with van der Waals surface area (Å²) in [7, 11) is 0. The van der Waals surface area contributed by atoms with Crippen LogP contribution in [0.25, 0.3) is 10.8 Å². The summed E-state index contributed by atoms with van der Waals surface area (Å²) >= 11 is 0. The molecule has 1 atom stereocenters. The molecule has 2 aliphatic rings. The maximum atomic E-state index is 13.6. The van der Waals surface area contributed by atoms with Crippen LogP contribution in [0.4, 0.5) is 11.4 Å². The van der Waals surface area contributed by atoms with E-state index in [1.54, 1.807) is 0 Å². The van der Waals surface area contributed by atoms with Crippen molar-refractivity contribution in [1.82, 2.24) is 9.80 Å². The number of para-hydroxylation sites is 1. The predicted octanol–water partition coefficient (Wildman–Crippen LogP) is 4.85. The summed E-state index contributed by atoms with van der Waals surface area (Å²) in [6.45, 7) is 7.55. The first-order valence-electron chi connectivity index (χ1n) is 12.6. The Balaban J connectivity index is 1.39. The van der Waals surface area contributed by atoms with Crippen molar-refractivity contribution in [3.63, 3.8) is 0 Å². The van der Waals surface area contributed by atoms with Gasteiger partial charge in [-0.3, -0.25) is 19.4 Å². The van der Waals surface area contributed by atoms with Gasteiger partial charge in [0.05, 0.1) is 24.0 Å². The average Bonchev–Trinajstić information content (AvgIpc) is 3.15. The molecule has 0 radical (unpaired) electrons. The van der Waals surface area contributed by atoms with Crippen molar-refractivity contribution in [3.8, 4) is 0 Å². The van der Waals surface area contributed by atoms with Crippen LogP contribution in [-0.4, -0.2) is 60.2 Å². The number of amides is 2. The fraction of sp³-hybridized carbons (Fsp3) is 0.345. The number of carbonyl (C=O) groups excluding carboxylic acids is 2. The van der Waals surface area contributed by atoms with Crippen LogP contribution in [0.5, 0.6) is 0 Å². The topological polar surface area (TPSA) is 56.2 Å². The molecule has 180 valence electrons. The van der Waals surface area contributed by atoms with Gasteiger partial charge in [-0.05, 0) is 62.2 Å². The van der Waals surface area contributed by atoms with E-state index in [2.05, 4.69) is 17.0 Å². The zero-order valence-corrected chi connectivity index (χ0v) is 20.5. The van der Waals surface area contributed by atoms with E-state index in [1.807, 2.05) is 78.2 Å². The van der Waals surface area contributed by atoms with Gasteiger partial charge in [0.15, 0.2) is 0 Å². The van der Waals surface area contributed by atoms with Crippen molar-refractivity contribution in [2.24, 2.45) is 10.9 Å². The monoisotopic (exact) mass is 468 g/mol. The Bertz CT molecular complexity index is 1280. The van der Waals surface area contributed by atoms with E-state index in [9.17, 15) is 9.59 Å². The number of fused-ring (bicyclic) bond motifs is 2. The van der Waals surface area contributed by atoms with E-state index in [1.165, 1.54) is 0 Å². The Morgan fingerprint density at radius 2 is 1.74 bits per heavy atom. The third-order valence-electron chi connectivity index (χ3n) is 7.14. The number of rotatable bonds is 6. The minimum Gasteiger partial charge on any atom is -0.343 e. The van der Waals surface area contributed by atoms with Crippen molar-refractivity contribution < 1.29 is 9.59 Å². The maximum absolute atomic E-state index is 13.6. The molecule has 6 heteroatoms. The van der Waals surface area contributed by atoms with Gasteiger partial charge in [0, 0.05) is 25.2 Å². The molecular formula is C29H32N4O2. The van der Waals surface area contributed by atoms with Crippen LogP contribution in [0.3, 0.4) is 0 Å². The minimum absolute atomic E-state index is 0.0117. The van der Waals surface area contributed by atoms with Crippen LogP contribution in [-0.2, 0) is 9.59 Å². The van der Waals surface area contributed by atoms with Gasteiger partial charge in [0.1, 0.15) is 5.71 Å². The molecule has 2 aliphatic heterocycles. The highest BCUT2D eigenvalue weighted by Crippen LogP contribution is 2.32. The molecule has 6 nitrogen and oxygen atoms in total. The van der Waals surface area contributed by atoms with Crippen molar-refractivity contribution >= 4 is 39.7 Å². The molecule has 2 amide bonds. The molecule has 3 aromatic rings. The van der Waals surface area contributed by atoms with Crippen molar-refractivity contribution in [3.05, 3.63) is 72.3 Å². The summed E-state index contributed by atoms with van der Waals surface area (Å²) < 4.78 is 0. The smallest absolute Gasteiger partial charge is 0.278 e. The third-order valence-corrected chi connectivity index (χ3v) is 7.14. The third kappa shape index (κ3) is 4.58. The number of anilines is 1. The fourth-order valence-corrected chi connectivity index (χ4v) is 5.26. The Morgan fingerprint density at radius 3 is 2.54 bits per heavy atom. The van der Waals surface area contributed by atoms with Crippen LogP contribution in [0, 0.1) is 5.92 Å². The number of likely N-dealkylation sites (tertiary alicyclic amines) is 1. The van der Waals surface area contributed by atoms with Crippen LogP contribution in [0.15, 0.2) is 71.7 Å². The highest BCUT2D eigenvalue weighted by Gasteiger charge is 2.36.